The first-order valence-corrected chi connectivity index (χ1v) is 7.94. The molecule has 0 saturated heterocycles. The second-order valence-corrected chi connectivity index (χ2v) is 6.60. The lowest BCUT2D eigenvalue weighted by Crippen LogP contribution is -2.31. The van der Waals surface area contributed by atoms with Crippen LogP contribution in [0.15, 0.2) is 0 Å². The number of nitrogens with one attached hydrogen (secondary N) is 1. The van der Waals surface area contributed by atoms with Crippen LogP contribution in [0.1, 0.15) is 39.0 Å². The van der Waals surface area contributed by atoms with Gasteiger partial charge in [-0.2, -0.15) is 0 Å². The molecule has 1 aliphatic carbocycles. The Balaban J connectivity index is 2.07. The van der Waals surface area contributed by atoms with E-state index >= 15 is 0 Å². The van der Waals surface area contributed by atoms with Crippen molar-refractivity contribution in [1.82, 2.24) is 5.32 Å². The van der Waals surface area contributed by atoms with Gasteiger partial charge in [0.05, 0.1) is 5.75 Å². The van der Waals surface area contributed by atoms with Crippen molar-refractivity contribution in [2.24, 2.45) is 17.0 Å². The van der Waals surface area contributed by atoms with Crippen LogP contribution in [0.25, 0.3) is 0 Å². The van der Waals surface area contributed by atoms with E-state index in [1.165, 1.54) is 32.1 Å². The smallest absolute Gasteiger partial charge is 0.210 e. The first kappa shape index (κ1) is 13.9. The number of hydrogen-bond acceptors (Lipinski definition) is 3. The summed E-state index contributed by atoms with van der Waals surface area (Å²) in [7, 11) is -3.30. The standard InChI is InChI=1S/C11H24N2O2S/c1-2-10-3-5-11(6-4-10)9-13-7-8-16(12,14)15/h10-11,13H,2-9H2,1H3,(H2,12,14,15). The fraction of sp³-hybridized carbons (Fsp3) is 1.00. The number of sulfonamides is 1. The first-order chi connectivity index (χ1) is 7.51. The summed E-state index contributed by atoms with van der Waals surface area (Å²) in [6.07, 6.45) is 6.52. The molecular formula is C11H24N2O2S. The minimum absolute atomic E-state index is 0.0390. The molecule has 0 bridgehead atoms. The Morgan fingerprint density at radius 3 is 2.25 bits per heavy atom. The normalized spacial score (nSPS) is 26.9. The van der Waals surface area contributed by atoms with Crippen LogP contribution in [0.5, 0.6) is 0 Å². The summed E-state index contributed by atoms with van der Waals surface area (Å²) >= 11 is 0. The molecular weight excluding hydrogens is 224 g/mol. The van der Waals surface area contributed by atoms with Crippen LogP contribution in [0.2, 0.25) is 0 Å². The number of nitrogens with two attached hydrogens (primary N) is 1. The van der Waals surface area contributed by atoms with Crippen LogP contribution < -0.4 is 10.5 Å². The van der Waals surface area contributed by atoms with Crippen molar-refractivity contribution in [2.45, 2.75) is 39.0 Å². The minimum atomic E-state index is -3.30. The zero-order valence-corrected chi connectivity index (χ0v) is 10.9. The van der Waals surface area contributed by atoms with Crippen LogP contribution in [0.4, 0.5) is 0 Å². The average molecular weight is 248 g/mol. The molecule has 96 valence electrons. The number of primary sulfonamides is 1. The van der Waals surface area contributed by atoms with Gasteiger partial charge >= 0.3 is 0 Å². The molecule has 0 aromatic rings. The monoisotopic (exact) mass is 248 g/mol. The van der Waals surface area contributed by atoms with Gasteiger partial charge in [0, 0.05) is 6.54 Å². The van der Waals surface area contributed by atoms with Crippen molar-refractivity contribution < 1.29 is 8.42 Å². The highest BCUT2D eigenvalue weighted by Crippen LogP contribution is 2.29. The van der Waals surface area contributed by atoms with Crippen molar-refractivity contribution in [1.29, 1.82) is 0 Å². The van der Waals surface area contributed by atoms with Gasteiger partial charge in [0.1, 0.15) is 0 Å². The Kier molecular flexibility index (Phi) is 5.72. The molecule has 0 amide bonds. The second kappa shape index (κ2) is 6.57. The maximum Gasteiger partial charge on any atom is 0.210 e. The fourth-order valence-electron chi connectivity index (χ4n) is 2.36. The maximum atomic E-state index is 10.7. The van der Waals surface area contributed by atoms with Gasteiger partial charge in [-0.3, -0.25) is 0 Å². The molecule has 3 N–H and O–H groups in total. The van der Waals surface area contributed by atoms with E-state index in [1.54, 1.807) is 0 Å². The van der Waals surface area contributed by atoms with Gasteiger partial charge in [-0.15, -0.1) is 0 Å². The number of rotatable bonds is 6. The van der Waals surface area contributed by atoms with E-state index in [-0.39, 0.29) is 5.75 Å². The van der Waals surface area contributed by atoms with Crippen molar-refractivity contribution in [3.8, 4) is 0 Å². The van der Waals surface area contributed by atoms with Crippen LogP contribution in [0, 0.1) is 11.8 Å². The van der Waals surface area contributed by atoms with Gasteiger partial charge in [-0.05, 0) is 31.2 Å². The Morgan fingerprint density at radius 2 is 1.75 bits per heavy atom. The number of hydrogen-bond donors (Lipinski definition) is 2. The van der Waals surface area contributed by atoms with Crippen LogP contribution >= 0.6 is 0 Å². The highest BCUT2D eigenvalue weighted by atomic mass is 32.2. The molecule has 16 heavy (non-hydrogen) atoms. The zero-order valence-electron chi connectivity index (χ0n) is 10.1. The summed E-state index contributed by atoms with van der Waals surface area (Å²) < 4.78 is 21.4. The summed E-state index contributed by atoms with van der Waals surface area (Å²) in [6.45, 7) is 3.67. The molecule has 1 fully saturated rings. The van der Waals surface area contributed by atoms with Crippen molar-refractivity contribution >= 4 is 10.0 Å². The summed E-state index contributed by atoms with van der Waals surface area (Å²) in [5.74, 6) is 1.68. The molecule has 0 heterocycles. The Labute approximate surface area is 99.0 Å². The lowest BCUT2D eigenvalue weighted by atomic mass is 9.81. The Morgan fingerprint density at radius 1 is 1.19 bits per heavy atom. The first-order valence-electron chi connectivity index (χ1n) is 6.22. The molecule has 0 aromatic heterocycles. The summed E-state index contributed by atoms with van der Waals surface area (Å²) in [5, 5.41) is 8.11. The van der Waals surface area contributed by atoms with Gasteiger partial charge in [0.2, 0.25) is 10.0 Å². The molecule has 1 aliphatic rings. The molecule has 5 heteroatoms. The van der Waals surface area contributed by atoms with Crippen LogP contribution in [-0.4, -0.2) is 27.3 Å². The third-order valence-electron chi connectivity index (χ3n) is 3.54. The fourth-order valence-corrected chi connectivity index (χ4v) is 2.79. The SMILES string of the molecule is CCC1CCC(CNCCS(N)(=O)=O)CC1. The van der Waals surface area contributed by atoms with Crippen molar-refractivity contribution in [3.05, 3.63) is 0 Å². The van der Waals surface area contributed by atoms with E-state index in [2.05, 4.69) is 12.2 Å². The lowest BCUT2D eigenvalue weighted by molar-refractivity contribution is 0.264. The summed E-state index contributed by atoms with van der Waals surface area (Å²) in [4.78, 5) is 0. The van der Waals surface area contributed by atoms with Gasteiger partial charge < -0.3 is 5.32 Å². The van der Waals surface area contributed by atoms with E-state index < -0.39 is 10.0 Å². The van der Waals surface area contributed by atoms with E-state index in [9.17, 15) is 8.42 Å². The van der Waals surface area contributed by atoms with Crippen molar-refractivity contribution in [2.75, 3.05) is 18.8 Å². The third kappa shape index (κ3) is 5.82. The zero-order chi connectivity index (χ0) is 12.0. The molecule has 0 radical (unpaired) electrons. The molecule has 1 rings (SSSR count). The largest absolute Gasteiger partial charge is 0.315 e. The highest BCUT2D eigenvalue weighted by molar-refractivity contribution is 7.89. The molecule has 0 aliphatic heterocycles. The maximum absolute atomic E-state index is 10.7. The predicted molar refractivity (Wildman–Crippen MR) is 66.6 cm³/mol. The van der Waals surface area contributed by atoms with Gasteiger partial charge in [-0.25, -0.2) is 13.6 Å². The summed E-state index contributed by atoms with van der Waals surface area (Å²) in [6, 6.07) is 0. The van der Waals surface area contributed by atoms with Gasteiger partial charge in [-0.1, -0.05) is 26.2 Å². The molecule has 0 aromatic carbocycles. The van der Waals surface area contributed by atoms with E-state index in [4.69, 9.17) is 5.14 Å². The lowest BCUT2D eigenvalue weighted by Gasteiger charge is -2.27. The summed E-state index contributed by atoms with van der Waals surface area (Å²) in [5.41, 5.74) is 0. The van der Waals surface area contributed by atoms with Gasteiger partial charge in [0.15, 0.2) is 0 Å². The molecule has 1 saturated carbocycles. The van der Waals surface area contributed by atoms with Crippen LogP contribution in [0.3, 0.4) is 0 Å². The predicted octanol–water partition coefficient (Wildman–Crippen LogP) is 1.08. The average Bonchev–Trinajstić information content (AvgIpc) is 2.24. The molecule has 0 unspecified atom stereocenters. The van der Waals surface area contributed by atoms with Crippen LogP contribution in [-0.2, 0) is 10.0 Å². The van der Waals surface area contributed by atoms with E-state index in [0.29, 0.717) is 6.54 Å². The second-order valence-electron chi connectivity index (χ2n) is 4.87. The Bertz CT molecular complexity index is 282. The topological polar surface area (TPSA) is 72.2 Å². The third-order valence-corrected chi connectivity index (χ3v) is 4.31. The van der Waals surface area contributed by atoms with E-state index in [0.717, 1.165) is 18.4 Å². The molecule has 4 nitrogen and oxygen atoms in total. The quantitative estimate of drug-likeness (QED) is 0.691. The van der Waals surface area contributed by atoms with E-state index in [1.807, 2.05) is 0 Å². The molecule has 0 atom stereocenters. The Hall–Kier alpha value is -0.130. The van der Waals surface area contributed by atoms with Crippen molar-refractivity contribution in [3.63, 3.8) is 0 Å². The molecule has 0 spiro atoms. The van der Waals surface area contributed by atoms with Gasteiger partial charge in [0.25, 0.3) is 0 Å². The minimum Gasteiger partial charge on any atom is -0.315 e. The highest BCUT2D eigenvalue weighted by Gasteiger charge is 2.19.